The fourth-order valence-corrected chi connectivity index (χ4v) is 7.36. The van der Waals surface area contributed by atoms with Crippen molar-refractivity contribution in [3.05, 3.63) is 69.3 Å². The zero-order valence-corrected chi connectivity index (χ0v) is 22.6. The van der Waals surface area contributed by atoms with Crippen molar-refractivity contribution in [3.63, 3.8) is 0 Å². The van der Waals surface area contributed by atoms with Gasteiger partial charge in [0.1, 0.15) is 12.3 Å². The summed E-state index contributed by atoms with van der Waals surface area (Å²) in [5, 5.41) is 30.8. The number of thioether (sulfide) groups is 1. The summed E-state index contributed by atoms with van der Waals surface area (Å²) in [5.74, 6) is -2.50. The Labute approximate surface area is 233 Å². The molecule has 0 bridgehead atoms. The first kappa shape index (κ1) is 27.6. The third-order valence-electron chi connectivity index (χ3n) is 7.71. The number of aliphatic hydroxyl groups is 1. The summed E-state index contributed by atoms with van der Waals surface area (Å²) in [5.41, 5.74) is 0.500. The van der Waals surface area contributed by atoms with Gasteiger partial charge in [-0.1, -0.05) is 6.92 Å². The quantitative estimate of drug-likeness (QED) is 0.259. The molecule has 2 fully saturated rings. The molecule has 212 valence electrons. The molecule has 0 spiro atoms. The summed E-state index contributed by atoms with van der Waals surface area (Å²) >= 11 is 1.36. The normalized spacial score (nSPS) is 26.5. The van der Waals surface area contributed by atoms with Gasteiger partial charge in [0.05, 0.1) is 35.4 Å². The number of hydrogen-bond donors (Lipinski definition) is 2. The van der Waals surface area contributed by atoms with Crippen LogP contribution >= 0.6 is 11.8 Å². The van der Waals surface area contributed by atoms with Crippen molar-refractivity contribution >= 4 is 35.4 Å². The molecule has 1 aromatic carbocycles. The van der Waals surface area contributed by atoms with Gasteiger partial charge in [-0.3, -0.25) is 14.9 Å². The van der Waals surface area contributed by atoms with E-state index in [0.717, 1.165) is 0 Å². The minimum Gasteiger partial charge on any atom is -0.477 e. The SMILES string of the molecule is C[C@@H](O)C1C(=O)N2C(C(=O)O)=C(S[C@H]3C[C@@H](Cn4ccnc4)N(C(=O)OCc4ccc([N+](=O)[O-])cc4)C3)[C@H](C)C12. The number of nitro benzene ring substituents is 1. The second kappa shape index (κ2) is 10.9. The van der Waals surface area contributed by atoms with Crippen LogP contribution in [0.2, 0.25) is 0 Å². The van der Waals surface area contributed by atoms with Crippen LogP contribution in [-0.4, -0.2) is 82.4 Å². The number of rotatable bonds is 9. The lowest BCUT2D eigenvalue weighted by atomic mass is 9.79. The molecule has 14 heteroatoms. The number of amides is 2. The predicted molar refractivity (Wildman–Crippen MR) is 142 cm³/mol. The Morgan fingerprint density at radius 3 is 2.62 bits per heavy atom. The molecule has 0 radical (unpaired) electrons. The Balaban J connectivity index is 1.31. The number of β-lactam (4-membered cyclic amide) rings is 1. The number of carboxylic acids is 1. The van der Waals surface area contributed by atoms with Crippen molar-refractivity contribution in [2.45, 2.75) is 56.9 Å². The third kappa shape index (κ3) is 5.04. The largest absolute Gasteiger partial charge is 0.477 e. The average Bonchev–Trinajstić information content (AvgIpc) is 3.61. The number of hydrogen-bond acceptors (Lipinski definition) is 9. The lowest BCUT2D eigenvalue weighted by Gasteiger charge is -2.46. The number of ether oxygens (including phenoxy) is 1. The molecular weight excluding hydrogens is 542 g/mol. The van der Waals surface area contributed by atoms with Crippen LogP contribution < -0.4 is 0 Å². The van der Waals surface area contributed by atoms with E-state index in [1.807, 2.05) is 11.5 Å². The van der Waals surface area contributed by atoms with E-state index in [1.54, 1.807) is 23.6 Å². The second-order valence-corrected chi connectivity index (χ2v) is 11.6. The maximum Gasteiger partial charge on any atom is 0.410 e. The second-order valence-electron chi connectivity index (χ2n) is 10.3. The van der Waals surface area contributed by atoms with Crippen LogP contribution in [0, 0.1) is 22.0 Å². The standard InChI is InChI=1S/C26H29N5O8S/c1-14-21-20(15(2)32)24(33)30(21)22(25(34)35)23(14)40-19-9-18(10-28-8-7-27-13-28)29(11-19)26(36)39-12-16-3-5-17(6-4-16)31(37)38/h3-8,13-15,18-21,32H,9-12H2,1-2H3,(H,34,35)/t14-,15-,18+,19+,20?,21?/m1/s1. The van der Waals surface area contributed by atoms with Crippen molar-refractivity contribution in [2.75, 3.05) is 6.54 Å². The number of imidazole rings is 1. The summed E-state index contributed by atoms with van der Waals surface area (Å²) in [6, 6.07) is 5.09. The van der Waals surface area contributed by atoms with Gasteiger partial charge in [0.25, 0.3) is 5.69 Å². The number of aliphatic carboxylic acids is 1. The van der Waals surface area contributed by atoms with Crippen LogP contribution in [0.5, 0.6) is 0 Å². The monoisotopic (exact) mass is 571 g/mol. The van der Waals surface area contributed by atoms with Crippen molar-refractivity contribution in [3.8, 4) is 0 Å². The number of non-ortho nitro benzene ring substituents is 1. The van der Waals surface area contributed by atoms with E-state index < -0.39 is 35.0 Å². The Hall–Kier alpha value is -3.91. The van der Waals surface area contributed by atoms with Gasteiger partial charge in [0.15, 0.2) is 0 Å². The molecule has 3 aliphatic heterocycles. The lowest BCUT2D eigenvalue weighted by molar-refractivity contribution is -0.384. The molecule has 2 amide bonds. The van der Waals surface area contributed by atoms with E-state index in [2.05, 4.69) is 4.98 Å². The minimum atomic E-state index is -1.19. The number of benzene rings is 1. The molecule has 2 aromatic rings. The molecule has 6 atom stereocenters. The van der Waals surface area contributed by atoms with Gasteiger partial charge >= 0.3 is 12.1 Å². The number of nitro groups is 1. The van der Waals surface area contributed by atoms with Gasteiger partial charge in [0, 0.05) is 53.7 Å². The smallest absolute Gasteiger partial charge is 0.410 e. The van der Waals surface area contributed by atoms with Crippen molar-refractivity contribution < 1.29 is 34.3 Å². The number of carbonyl (C=O) groups is 3. The fourth-order valence-electron chi connectivity index (χ4n) is 5.79. The highest BCUT2D eigenvalue weighted by atomic mass is 32.2. The van der Waals surface area contributed by atoms with Crippen LogP contribution in [0.1, 0.15) is 25.8 Å². The number of nitrogens with zero attached hydrogens (tertiary/aromatic N) is 5. The van der Waals surface area contributed by atoms with Crippen LogP contribution in [0.25, 0.3) is 0 Å². The van der Waals surface area contributed by atoms with Crippen LogP contribution in [0.3, 0.4) is 0 Å². The van der Waals surface area contributed by atoms with Gasteiger partial charge in [0.2, 0.25) is 5.91 Å². The molecule has 0 aliphatic carbocycles. The summed E-state index contributed by atoms with van der Waals surface area (Å²) in [6.45, 7) is 4.10. The van der Waals surface area contributed by atoms with Gasteiger partial charge < -0.3 is 29.3 Å². The molecule has 1 aromatic heterocycles. The average molecular weight is 572 g/mol. The highest BCUT2D eigenvalue weighted by Crippen LogP contribution is 2.52. The van der Waals surface area contributed by atoms with Gasteiger partial charge in [-0.25, -0.2) is 14.6 Å². The number of carboxylic acid groups (broad SMARTS) is 1. The number of fused-ring (bicyclic) bond motifs is 1. The number of carbonyl (C=O) groups excluding carboxylic acids is 2. The highest BCUT2D eigenvalue weighted by Gasteiger charge is 2.60. The number of likely N-dealkylation sites (tertiary alicyclic amines) is 1. The topological polar surface area (TPSA) is 168 Å². The van der Waals surface area contributed by atoms with Gasteiger partial charge in [-0.15, -0.1) is 11.8 Å². The molecule has 2 saturated heterocycles. The van der Waals surface area contributed by atoms with Crippen LogP contribution in [0.15, 0.2) is 53.6 Å². The van der Waals surface area contributed by atoms with E-state index in [4.69, 9.17) is 4.74 Å². The zero-order valence-electron chi connectivity index (χ0n) is 21.8. The van der Waals surface area contributed by atoms with Crippen LogP contribution in [0.4, 0.5) is 10.5 Å². The van der Waals surface area contributed by atoms with Crippen LogP contribution in [-0.2, 0) is 27.5 Å². The molecule has 2 N–H and O–H groups in total. The summed E-state index contributed by atoms with van der Waals surface area (Å²) in [6.07, 6.45) is 4.20. The van der Waals surface area contributed by atoms with Crippen molar-refractivity contribution in [2.24, 2.45) is 11.8 Å². The third-order valence-corrected chi connectivity index (χ3v) is 9.20. The van der Waals surface area contributed by atoms with E-state index in [9.17, 15) is 34.7 Å². The molecular formula is C26H29N5O8S. The number of aromatic nitrogens is 2. The first-order valence-corrected chi connectivity index (χ1v) is 13.7. The molecule has 5 rings (SSSR count). The molecule has 4 heterocycles. The van der Waals surface area contributed by atoms with Crippen molar-refractivity contribution in [1.82, 2.24) is 19.4 Å². The molecule has 2 unspecified atom stereocenters. The molecule has 40 heavy (non-hydrogen) atoms. The lowest BCUT2D eigenvalue weighted by Crippen LogP contribution is -2.63. The summed E-state index contributed by atoms with van der Waals surface area (Å²) < 4.78 is 7.41. The Morgan fingerprint density at radius 1 is 1.30 bits per heavy atom. The first-order valence-electron chi connectivity index (χ1n) is 12.8. The van der Waals surface area contributed by atoms with E-state index >= 15 is 0 Å². The van der Waals surface area contributed by atoms with Gasteiger partial charge in [-0.2, -0.15) is 0 Å². The minimum absolute atomic E-state index is 0.0465. The maximum atomic E-state index is 13.2. The van der Waals surface area contributed by atoms with E-state index in [-0.39, 0.29) is 41.1 Å². The number of aliphatic hydroxyl groups excluding tert-OH is 1. The Kier molecular flexibility index (Phi) is 7.55. The molecule has 3 aliphatic rings. The Bertz CT molecular complexity index is 1350. The summed E-state index contributed by atoms with van der Waals surface area (Å²) in [7, 11) is 0. The molecule has 0 saturated carbocycles. The maximum absolute atomic E-state index is 13.2. The van der Waals surface area contributed by atoms with E-state index in [0.29, 0.717) is 30.0 Å². The summed E-state index contributed by atoms with van der Waals surface area (Å²) in [4.78, 5) is 56.0. The van der Waals surface area contributed by atoms with Crippen molar-refractivity contribution in [1.29, 1.82) is 0 Å². The fraction of sp³-hybridized carbons (Fsp3) is 0.462. The van der Waals surface area contributed by atoms with Gasteiger partial charge in [-0.05, 0) is 31.0 Å². The molecule has 13 nitrogen and oxygen atoms in total. The Morgan fingerprint density at radius 2 is 2.02 bits per heavy atom. The van der Waals surface area contributed by atoms with E-state index in [1.165, 1.54) is 47.9 Å². The highest BCUT2D eigenvalue weighted by molar-refractivity contribution is 8.03. The first-order chi connectivity index (χ1) is 19.1. The predicted octanol–water partition coefficient (Wildman–Crippen LogP) is 2.46. The zero-order chi connectivity index (χ0) is 28.7.